The number of rotatable bonds is 5. The third-order valence-corrected chi connectivity index (χ3v) is 4.35. The van der Waals surface area contributed by atoms with Gasteiger partial charge in [-0.2, -0.15) is 0 Å². The van der Waals surface area contributed by atoms with Gasteiger partial charge in [-0.05, 0) is 31.2 Å². The Labute approximate surface area is 124 Å². The zero-order valence-corrected chi connectivity index (χ0v) is 12.2. The first-order chi connectivity index (χ1) is 10.00. The van der Waals surface area contributed by atoms with Crippen LogP contribution in [-0.2, 0) is 16.0 Å². The molecule has 0 saturated heterocycles. The summed E-state index contributed by atoms with van der Waals surface area (Å²) >= 11 is 1.51. The van der Waals surface area contributed by atoms with Crippen molar-refractivity contribution in [1.29, 1.82) is 0 Å². The van der Waals surface area contributed by atoms with Gasteiger partial charge < -0.3 is 14.8 Å². The Morgan fingerprint density at radius 1 is 1.52 bits per heavy atom. The molecule has 21 heavy (non-hydrogen) atoms. The molecule has 1 aliphatic rings. The van der Waals surface area contributed by atoms with E-state index in [0.717, 1.165) is 4.88 Å². The summed E-state index contributed by atoms with van der Waals surface area (Å²) < 4.78 is 5.56. The topological polar surface area (TPSA) is 92.4 Å². The van der Waals surface area contributed by atoms with Gasteiger partial charge in [0, 0.05) is 0 Å². The fourth-order valence-corrected chi connectivity index (χ4v) is 2.73. The van der Waals surface area contributed by atoms with E-state index in [9.17, 15) is 9.59 Å². The molecule has 2 N–H and O–H groups in total. The van der Waals surface area contributed by atoms with Gasteiger partial charge >= 0.3 is 5.97 Å². The number of thiophene rings is 1. The molecular formula is C14H14N2O4S. The van der Waals surface area contributed by atoms with Gasteiger partial charge in [-0.15, -0.1) is 11.3 Å². The minimum Gasteiger partial charge on any atom is -0.480 e. The lowest BCUT2D eigenvalue weighted by atomic mass is 10.2. The van der Waals surface area contributed by atoms with Crippen LogP contribution in [0.15, 0.2) is 21.9 Å². The first kappa shape index (κ1) is 13.8. The Morgan fingerprint density at radius 2 is 2.29 bits per heavy atom. The first-order valence-electron chi connectivity index (χ1n) is 6.55. The Bertz CT molecular complexity index is 686. The largest absolute Gasteiger partial charge is 0.480 e. The van der Waals surface area contributed by atoms with Crippen LogP contribution in [0.5, 0.6) is 0 Å². The van der Waals surface area contributed by atoms with Crippen LogP contribution in [0.3, 0.4) is 0 Å². The van der Waals surface area contributed by atoms with Gasteiger partial charge in [0.2, 0.25) is 11.8 Å². The predicted molar refractivity (Wildman–Crippen MR) is 76.0 cm³/mol. The average molecular weight is 306 g/mol. The summed E-state index contributed by atoms with van der Waals surface area (Å²) in [6, 6.07) is 3.79. The van der Waals surface area contributed by atoms with Gasteiger partial charge in [-0.1, -0.05) is 6.07 Å². The second-order valence-electron chi connectivity index (χ2n) is 5.11. The molecule has 2 heterocycles. The summed E-state index contributed by atoms with van der Waals surface area (Å²) in [6.45, 7) is 1.75. The highest BCUT2D eigenvalue weighted by Crippen LogP contribution is 2.35. The number of hydrogen-bond acceptors (Lipinski definition) is 5. The maximum atomic E-state index is 12.0. The second-order valence-corrected chi connectivity index (χ2v) is 6.06. The zero-order valence-electron chi connectivity index (χ0n) is 11.4. The fraction of sp³-hybridized carbons (Fsp3) is 0.357. The van der Waals surface area contributed by atoms with E-state index in [1.54, 1.807) is 6.92 Å². The number of nitrogens with one attached hydrogen (secondary N) is 1. The quantitative estimate of drug-likeness (QED) is 0.881. The SMILES string of the molecule is Cc1oc(-c2cccs2)nc1CC(=O)NC1(C(=O)O)CC1. The number of aromatic nitrogens is 1. The molecule has 1 saturated carbocycles. The standard InChI is InChI=1S/C14H14N2O4S/c1-8-9(15-12(20-8)10-3-2-6-21-10)7-11(17)16-14(4-5-14)13(18)19/h2-3,6H,4-5,7H2,1H3,(H,16,17)(H,18,19). The second kappa shape index (κ2) is 5.00. The highest BCUT2D eigenvalue weighted by atomic mass is 32.1. The molecular weight excluding hydrogens is 292 g/mol. The van der Waals surface area contributed by atoms with E-state index in [1.807, 2.05) is 17.5 Å². The van der Waals surface area contributed by atoms with Crippen LogP contribution >= 0.6 is 11.3 Å². The van der Waals surface area contributed by atoms with E-state index >= 15 is 0 Å². The monoisotopic (exact) mass is 306 g/mol. The van der Waals surface area contributed by atoms with Crippen molar-refractivity contribution >= 4 is 23.2 Å². The van der Waals surface area contributed by atoms with Crippen molar-refractivity contribution < 1.29 is 19.1 Å². The molecule has 0 atom stereocenters. The number of aliphatic carboxylic acids is 1. The van der Waals surface area contributed by atoms with E-state index in [2.05, 4.69) is 10.3 Å². The predicted octanol–water partition coefficient (Wildman–Crippen LogP) is 1.99. The van der Waals surface area contributed by atoms with Gasteiger partial charge in [0.1, 0.15) is 11.3 Å². The molecule has 2 aromatic heterocycles. The number of carboxylic acid groups (broad SMARTS) is 1. The van der Waals surface area contributed by atoms with Crippen molar-refractivity contribution in [1.82, 2.24) is 10.3 Å². The summed E-state index contributed by atoms with van der Waals surface area (Å²) in [6.07, 6.45) is 0.981. The molecule has 0 bridgehead atoms. The third-order valence-electron chi connectivity index (χ3n) is 3.49. The van der Waals surface area contributed by atoms with Crippen molar-refractivity contribution in [2.75, 3.05) is 0 Å². The number of nitrogens with zero attached hydrogens (tertiary/aromatic N) is 1. The van der Waals surface area contributed by atoms with Crippen LogP contribution in [0.25, 0.3) is 10.8 Å². The van der Waals surface area contributed by atoms with Crippen LogP contribution in [0, 0.1) is 6.92 Å². The molecule has 2 aromatic rings. The molecule has 0 unspecified atom stereocenters. The Balaban J connectivity index is 1.71. The number of aryl methyl sites for hydroxylation is 1. The highest BCUT2D eigenvalue weighted by Gasteiger charge is 2.51. The highest BCUT2D eigenvalue weighted by molar-refractivity contribution is 7.13. The van der Waals surface area contributed by atoms with E-state index in [1.165, 1.54) is 11.3 Å². The number of carbonyl (C=O) groups excluding carboxylic acids is 1. The molecule has 6 nitrogen and oxygen atoms in total. The van der Waals surface area contributed by atoms with E-state index in [4.69, 9.17) is 9.52 Å². The number of oxazole rings is 1. The van der Waals surface area contributed by atoms with Crippen molar-refractivity contribution in [2.24, 2.45) is 0 Å². The Hall–Kier alpha value is -2.15. The van der Waals surface area contributed by atoms with Gasteiger partial charge in [0.05, 0.1) is 17.0 Å². The van der Waals surface area contributed by atoms with Crippen molar-refractivity contribution in [3.05, 3.63) is 29.0 Å². The number of carboxylic acids is 1. The number of amides is 1. The first-order valence-corrected chi connectivity index (χ1v) is 7.43. The molecule has 0 radical (unpaired) electrons. The third kappa shape index (κ3) is 2.69. The van der Waals surface area contributed by atoms with Crippen LogP contribution in [0.4, 0.5) is 0 Å². The van der Waals surface area contributed by atoms with E-state index in [0.29, 0.717) is 30.2 Å². The molecule has 0 aromatic carbocycles. The fourth-order valence-electron chi connectivity index (χ4n) is 2.08. The van der Waals surface area contributed by atoms with Gasteiger partial charge in [0.15, 0.2) is 0 Å². The van der Waals surface area contributed by atoms with Crippen LogP contribution in [-0.4, -0.2) is 27.5 Å². The lowest BCUT2D eigenvalue weighted by Crippen LogP contribution is -2.43. The summed E-state index contributed by atoms with van der Waals surface area (Å²) in [5.41, 5.74) is -0.525. The molecule has 3 rings (SSSR count). The molecule has 7 heteroatoms. The molecule has 0 spiro atoms. The lowest BCUT2D eigenvalue weighted by molar-refractivity contribution is -0.143. The molecule has 1 aliphatic carbocycles. The summed E-state index contributed by atoms with van der Waals surface area (Å²) in [7, 11) is 0. The van der Waals surface area contributed by atoms with Crippen LogP contribution in [0.1, 0.15) is 24.3 Å². The lowest BCUT2D eigenvalue weighted by Gasteiger charge is -2.11. The van der Waals surface area contributed by atoms with Crippen LogP contribution < -0.4 is 5.32 Å². The number of carbonyl (C=O) groups is 2. The maximum absolute atomic E-state index is 12.0. The smallest absolute Gasteiger partial charge is 0.329 e. The molecule has 1 amide bonds. The molecule has 0 aliphatic heterocycles. The van der Waals surface area contributed by atoms with Gasteiger partial charge in [-0.3, -0.25) is 4.79 Å². The minimum absolute atomic E-state index is 0.0236. The number of hydrogen-bond donors (Lipinski definition) is 2. The Kier molecular flexibility index (Phi) is 3.29. The normalized spacial score (nSPS) is 15.7. The molecule has 1 fully saturated rings. The van der Waals surface area contributed by atoms with Gasteiger partial charge in [-0.25, -0.2) is 9.78 Å². The molecule has 110 valence electrons. The maximum Gasteiger partial charge on any atom is 0.329 e. The zero-order chi connectivity index (χ0) is 15.0. The minimum atomic E-state index is -1.06. The van der Waals surface area contributed by atoms with Crippen molar-refractivity contribution in [3.8, 4) is 10.8 Å². The summed E-state index contributed by atoms with van der Waals surface area (Å²) in [5.74, 6) is -0.255. The Morgan fingerprint density at radius 3 is 2.86 bits per heavy atom. The van der Waals surface area contributed by atoms with Crippen molar-refractivity contribution in [2.45, 2.75) is 31.7 Å². The summed E-state index contributed by atoms with van der Waals surface area (Å²) in [4.78, 5) is 28.2. The van der Waals surface area contributed by atoms with Gasteiger partial charge in [0.25, 0.3) is 0 Å². The summed E-state index contributed by atoms with van der Waals surface area (Å²) in [5, 5.41) is 13.5. The van der Waals surface area contributed by atoms with E-state index in [-0.39, 0.29) is 12.3 Å². The van der Waals surface area contributed by atoms with E-state index < -0.39 is 11.5 Å². The van der Waals surface area contributed by atoms with Crippen molar-refractivity contribution in [3.63, 3.8) is 0 Å². The van der Waals surface area contributed by atoms with Crippen LogP contribution in [0.2, 0.25) is 0 Å². The average Bonchev–Trinajstić information content (AvgIpc) is 2.86.